The minimum absolute atomic E-state index is 0.170. The average Bonchev–Trinajstić information content (AvgIpc) is 3.34. The van der Waals surface area contributed by atoms with E-state index in [1.54, 1.807) is 0 Å². The second kappa shape index (κ2) is 5.07. The summed E-state index contributed by atoms with van der Waals surface area (Å²) in [6, 6.07) is 7.49. The fourth-order valence-corrected chi connectivity index (χ4v) is 5.16. The van der Waals surface area contributed by atoms with Crippen LogP contribution in [0.4, 0.5) is 0 Å². The quantitative estimate of drug-likeness (QED) is 0.932. The van der Waals surface area contributed by atoms with Gasteiger partial charge in [-0.3, -0.25) is 9.69 Å². The van der Waals surface area contributed by atoms with Gasteiger partial charge in [-0.2, -0.15) is 0 Å². The molecule has 124 valence electrons. The number of carbonyl (C=O) groups is 1. The first kappa shape index (κ1) is 15.2. The molecule has 2 N–H and O–H groups in total. The lowest BCUT2D eigenvalue weighted by atomic mass is 9.58. The maximum Gasteiger partial charge on any atom is 0.248 e. The lowest BCUT2D eigenvalue weighted by molar-refractivity contribution is 0.000499. The molecule has 1 heterocycles. The van der Waals surface area contributed by atoms with Crippen LogP contribution in [0.25, 0.3) is 0 Å². The number of rotatable bonds is 3. The SMILES string of the molecule is CC1[C@H]2Cc3ccc(C(N)=O)cc3C1(C)CCN2[C@H](C)C1CC1. The van der Waals surface area contributed by atoms with Gasteiger partial charge in [0.2, 0.25) is 5.91 Å². The molecular weight excluding hydrogens is 284 g/mol. The molecule has 3 aliphatic rings. The Labute approximate surface area is 139 Å². The van der Waals surface area contributed by atoms with E-state index in [1.807, 2.05) is 6.07 Å². The van der Waals surface area contributed by atoms with Gasteiger partial charge in [0, 0.05) is 17.6 Å². The first-order chi connectivity index (χ1) is 10.9. The Bertz CT molecular complexity index is 651. The van der Waals surface area contributed by atoms with Gasteiger partial charge < -0.3 is 5.73 Å². The summed E-state index contributed by atoms with van der Waals surface area (Å²) in [5.41, 5.74) is 9.13. The van der Waals surface area contributed by atoms with Crippen molar-refractivity contribution in [1.82, 2.24) is 4.90 Å². The average molecular weight is 312 g/mol. The number of piperidine rings is 1. The first-order valence-corrected chi connectivity index (χ1v) is 9.11. The molecule has 1 aliphatic heterocycles. The highest BCUT2D eigenvalue weighted by Gasteiger charge is 2.50. The van der Waals surface area contributed by atoms with Crippen LogP contribution in [0.5, 0.6) is 0 Å². The van der Waals surface area contributed by atoms with Crippen molar-refractivity contribution >= 4 is 5.91 Å². The Balaban J connectivity index is 1.73. The summed E-state index contributed by atoms with van der Waals surface area (Å²) in [5, 5.41) is 0. The lowest BCUT2D eigenvalue weighted by Crippen LogP contribution is -2.60. The Morgan fingerprint density at radius 1 is 1.39 bits per heavy atom. The van der Waals surface area contributed by atoms with Gasteiger partial charge in [0.25, 0.3) is 0 Å². The molecule has 1 saturated heterocycles. The highest BCUT2D eigenvalue weighted by Crippen LogP contribution is 2.50. The molecule has 1 aromatic rings. The molecule has 2 fully saturated rings. The molecule has 1 amide bonds. The highest BCUT2D eigenvalue weighted by molar-refractivity contribution is 5.93. The topological polar surface area (TPSA) is 46.3 Å². The molecule has 0 radical (unpaired) electrons. The van der Waals surface area contributed by atoms with E-state index in [-0.39, 0.29) is 11.3 Å². The number of carbonyl (C=O) groups excluding carboxylic acids is 1. The fourth-order valence-electron chi connectivity index (χ4n) is 5.16. The van der Waals surface area contributed by atoms with Crippen LogP contribution >= 0.6 is 0 Å². The summed E-state index contributed by atoms with van der Waals surface area (Å²) >= 11 is 0. The molecule has 2 bridgehead atoms. The van der Waals surface area contributed by atoms with Crippen molar-refractivity contribution in [3.8, 4) is 0 Å². The molecule has 3 heteroatoms. The monoisotopic (exact) mass is 312 g/mol. The van der Waals surface area contributed by atoms with Crippen LogP contribution in [0.3, 0.4) is 0 Å². The molecule has 3 nitrogen and oxygen atoms in total. The molecule has 0 spiro atoms. The van der Waals surface area contributed by atoms with Crippen LogP contribution in [0.15, 0.2) is 18.2 Å². The molecule has 2 aliphatic carbocycles. The van der Waals surface area contributed by atoms with Gasteiger partial charge in [0.05, 0.1) is 0 Å². The number of primary amides is 1. The maximum absolute atomic E-state index is 11.6. The van der Waals surface area contributed by atoms with Crippen LogP contribution in [0, 0.1) is 11.8 Å². The van der Waals surface area contributed by atoms with Gasteiger partial charge in [0.1, 0.15) is 0 Å². The van der Waals surface area contributed by atoms with Crippen LogP contribution < -0.4 is 5.73 Å². The molecule has 0 aromatic heterocycles. The molecule has 2 unspecified atom stereocenters. The molecular formula is C20H28N2O. The van der Waals surface area contributed by atoms with Gasteiger partial charge in [0.15, 0.2) is 0 Å². The zero-order valence-corrected chi connectivity index (χ0v) is 14.5. The minimum Gasteiger partial charge on any atom is -0.366 e. The van der Waals surface area contributed by atoms with Crippen molar-refractivity contribution in [3.05, 3.63) is 34.9 Å². The van der Waals surface area contributed by atoms with E-state index in [9.17, 15) is 4.79 Å². The molecule has 4 rings (SSSR count). The summed E-state index contributed by atoms with van der Waals surface area (Å²) in [6.45, 7) is 8.42. The van der Waals surface area contributed by atoms with Gasteiger partial charge in [-0.05, 0) is 79.7 Å². The molecule has 4 atom stereocenters. The van der Waals surface area contributed by atoms with Crippen molar-refractivity contribution in [1.29, 1.82) is 0 Å². The normalized spacial score (nSPS) is 34.7. The summed E-state index contributed by atoms with van der Waals surface area (Å²) in [4.78, 5) is 14.4. The number of nitrogens with two attached hydrogens (primary N) is 1. The molecule has 1 saturated carbocycles. The highest BCUT2D eigenvalue weighted by atomic mass is 16.1. The van der Waals surface area contributed by atoms with E-state index in [1.165, 1.54) is 36.9 Å². The number of fused-ring (bicyclic) bond motifs is 4. The van der Waals surface area contributed by atoms with Crippen LogP contribution in [-0.4, -0.2) is 29.4 Å². The maximum atomic E-state index is 11.6. The second-order valence-corrected chi connectivity index (χ2v) is 8.28. The smallest absolute Gasteiger partial charge is 0.248 e. The lowest BCUT2D eigenvalue weighted by Gasteiger charge is -2.56. The Morgan fingerprint density at radius 2 is 2.13 bits per heavy atom. The number of hydrogen-bond acceptors (Lipinski definition) is 2. The van der Waals surface area contributed by atoms with Gasteiger partial charge in [-0.15, -0.1) is 0 Å². The largest absolute Gasteiger partial charge is 0.366 e. The number of benzene rings is 1. The Morgan fingerprint density at radius 3 is 2.78 bits per heavy atom. The minimum atomic E-state index is -0.314. The van der Waals surface area contributed by atoms with Gasteiger partial charge >= 0.3 is 0 Å². The third-order valence-electron chi connectivity index (χ3n) is 7.16. The Kier molecular flexibility index (Phi) is 3.35. The van der Waals surface area contributed by atoms with E-state index in [0.29, 0.717) is 17.5 Å². The number of likely N-dealkylation sites (tertiary alicyclic amines) is 1. The van der Waals surface area contributed by atoms with Crippen molar-refractivity contribution in [2.45, 2.75) is 64.0 Å². The van der Waals surface area contributed by atoms with Crippen LogP contribution in [0.2, 0.25) is 0 Å². The van der Waals surface area contributed by atoms with Gasteiger partial charge in [-0.25, -0.2) is 0 Å². The predicted molar refractivity (Wildman–Crippen MR) is 92.5 cm³/mol. The van der Waals surface area contributed by atoms with E-state index >= 15 is 0 Å². The number of hydrogen-bond donors (Lipinski definition) is 1. The van der Waals surface area contributed by atoms with E-state index in [4.69, 9.17) is 5.73 Å². The van der Waals surface area contributed by atoms with Crippen molar-refractivity contribution in [2.24, 2.45) is 17.6 Å². The van der Waals surface area contributed by atoms with Crippen molar-refractivity contribution in [3.63, 3.8) is 0 Å². The zero-order chi connectivity index (χ0) is 16.4. The number of nitrogens with zero attached hydrogens (tertiary/aromatic N) is 1. The van der Waals surface area contributed by atoms with Crippen molar-refractivity contribution in [2.75, 3.05) is 6.54 Å². The first-order valence-electron chi connectivity index (χ1n) is 9.11. The van der Waals surface area contributed by atoms with E-state index in [2.05, 4.69) is 37.8 Å². The van der Waals surface area contributed by atoms with Crippen LogP contribution in [-0.2, 0) is 11.8 Å². The summed E-state index contributed by atoms with van der Waals surface area (Å²) < 4.78 is 0. The zero-order valence-electron chi connectivity index (χ0n) is 14.5. The molecule has 1 aromatic carbocycles. The standard InChI is InChI=1S/C20H28N2O/c1-12-18-11-15-6-7-16(19(21)23)10-17(15)20(12,3)8-9-22(18)13(2)14-4-5-14/h6-7,10,12-14,18H,4-5,8-9,11H2,1-3H3,(H2,21,23)/t12?,13-,18-,20?/m1/s1. The third kappa shape index (κ3) is 2.24. The van der Waals surface area contributed by atoms with E-state index < -0.39 is 0 Å². The van der Waals surface area contributed by atoms with E-state index in [0.717, 1.165) is 18.4 Å². The molecule has 23 heavy (non-hydrogen) atoms. The number of amides is 1. The summed E-state index contributed by atoms with van der Waals surface area (Å²) in [7, 11) is 0. The van der Waals surface area contributed by atoms with Crippen molar-refractivity contribution < 1.29 is 4.79 Å². The fraction of sp³-hybridized carbons (Fsp3) is 0.650. The third-order valence-corrected chi connectivity index (χ3v) is 7.16. The van der Waals surface area contributed by atoms with Crippen LogP contribution in [0.1, 0.15) is 61.5 Å². The summed E-state index contributed by atoms with van der Waals surface area (Å²) in [5.74, 6) is 1.23. The van der Waals surface area contributed by atoms with Gasteiger partial charge in [-0.1, -0.05) is 19.9 Å². The second-order valence-electron chi connectivity index (χ2n) is 8.28. The summed E-state index contributed by atoms with van der Waals surface area (Å²) in [6.07, 6.45) is 5.11. The predicted octanol–water partition coefficient (Wildman–Crippen LogP) is 3.11. The Hall–Kier alpha value is -1.35.